The van der Waals surface area contributed by atoms with Gasteiger partial charge in [-0.05, 0) is 47.4 Å². The smallest absolute Gasteiger partial charge is 0.349 e. The van der Waals surface area contributed by atoms with Gasteiger partial charge in [0, 0.05) is 31.6 Å². The molecule has 0 saturated carbocycles. The van der Waals surface area contributed by atoms with Crippen molar-refractivity contribution in [2.75, 3.05) is 44.3 Å². The van der Waals surface area contributed by atoms with E-state index in [1.807, 2.05) is 42.5 Å². The molecule has 1 aliphatic rings. The number of para-hydroxylation sites is 1. The van der Waals surface area contributed by atoms with Crippen LogP contribution in [0.2, 0.25) is 0 Å². The van der Waals surface area contributed by atoms with E-state index in [1.54, 1.807) is 17.0 Å². The highest BCUT2D eigenvalue weighted by molar-refractivity contribution is 7.22. The molecule has 1 amide bonds. The minimum Gasteiger partial charge on any atom is -0.422 e. The number of fused-ring (bicyclic) bond motifs is 4. The lowest BCUT2D eigenvalue weighted by atomic mass is 10.0. The van der Waals surface area contributed by atoms with Crippen LogP contribution in [-0.2, 0) is 11.2 Å². The Bertz CT molecular complexity index is 1690. The van der Waals surface area contributed by atoms with Crippen molar-refractivity contribution in [3.63, 3.8) is 0 Å². The number of anilines is 1. The molecule has 1 aliphatic heterocycles. The summed E-state index contributed by atoms with van der Waals surface area (Å²) in [7, 11) is 0. The second-order valence-electron chi connectivity index (χ2n) is 9.52. The number of carbonyl (C=O) groups excluding carboxylic acids is 1. The maximum absolute atomic E-state index is 14.1. The first-order chi connectivity index (χ1) is 18.6. The summed E-state index contributed by atoms with van der Waals surface area (Å²) in [6.45, 7) is 6.62. The van der Waals surface area contributed by atoms with Gasteiger partial charge in [0.15, 0.2) is 5.13 Å². The van der Waals surface area contributed by atoms with Crippen molar-refractivity contribution >= 4 is 54.3 Å². The molecule has 0 unspecified atom stereocenters. The number of carbonyl (C=O) groups is 1. The number of benzene rings is 3. The molecule has 0 N–H and O–H groups in total. The molecule has 0 spiro atoms. The number of rotatable bonds is 7. The van der Waals surface area contributed by atoms with Gasteiger partial charge in [0.2, 0.25) is 0 Å². The lowest BCUT2D eigenvalue weighted by Gasteiger charge is -2.27. The molecule has 194 valence electrons. The Kier molecular flexibility index (Phi) is 6.93. The molecular weight excluding hydrogens is 498 g/mol. The molecule has 38 heavy (non-hydrogen) atoms. The molecule has 0 atom stereocenters. The van der Waals surface area contributed by atoms with Crippen LogP contribution in [0.25, 0.3) is 32.0 Å². The Labute approximate surface area is 224 Å². The SMILES string of the molecule is CCc1cccc2sc(N(CCCN3CCOCC3)C(=O)c3cc4c(ccc5ccccc54)oc3=O)nc12. The van der Waals surface area contributed by atoms with Gasteiger partial charge in [0.1, 0.15) is 11.1 Å². The Balaban J connectivity index is 1.40. The number of hydrogen-bond donors (Lipinski definition) is 0. The predicted molar refractivity (Wildman–Crippen MR) is 153 cm³/mol. The van der Waals surface area contributed by atoms with E-state index in [2.05, 4.69) is 17.9 Å². The van der Waals surface area contributed by atoms with E-state index < -0.39 is 5.63 Å². The third kappa shape index (κ3) is 4.71. The number of hydrogen-bond acceptors (Lipinski definition) is 7. The molecule has 0 radical (unpaired) electrons. The number of morpholine rings is 1. The van der Waals surface area contributed by atoms with E-state index in [-0.39, 0.29) is 11.5 Å². The molecular formula is C30H29N3O4S. The van der Waals surface area contributed by atoms with Crippen LogP contribution in [0, 0.1) is 0 Å². The summed E-state index contributed by atoms with van der Waals surface area (Å²) in [5, 5.41) is 3.31. The van der Waals surface area contributed by atoms with Crippen LogP contribution in [0.3, 0.4) is 0 Å². The van der Waals surface area contributed by atoms with Crippen molar-refractivity contribution in [3.8, 4) is 0 Å². The van der Waals surface area contributed by atoms with Crippen molar-refractivity contribution in [3.05, 3.63) is 82.2 Å². The van der Waals surface area contributed by atoms with Crippen molar-refractivity contribution in [1.82, 2.24) is 9.88 Å². The van der Waals surface area contributed by atoms with Gasteiger partial charge in [-0.25, -0.2) is 9.78 Å². The third-order valence-corrected chi connectivity index (χ3v) is 8.22. The number of aromatic nitrogens is 1. The molecule has 0 bridgehead atoms. The number of aryl methyl sites for hydroxylation is 1. The Morgan fingerprint density at radius 3 is 2.74 bits per heavy atom. The minimum atomic E-state index is -0.633. The monoisotopic (exact) mass is 527 g/mol. The highest BCUT2D eigenvalue weighted by Crippen LogP contribution is 2.32. The second kappa shape index (κ2) is 10.6. The summed E-state index contributed by atoms with van der Waals surface area (Å²) in [5.41, 5.74) is 1.91. The zero-order chi connectivity index (χ0) is 26.1. The summed E-state index contributed by atoms with van der Waals surface area (Å²) in [5.74, 6) is -0.382. The third-order valence-electron chi connectivity index (χ3n) is 7.18. The zero-order valence-electron chi connectivity index (χ0n) is 21.3. The first kappa shape index (κ1) is 24.7. The van der Waals surface area contributed by atoms with Gasteiger partial charge in [0.25, 0.3) is 5.91 Å². The summed E-state index contributed by atoms with van der Waals surface area (Å²) in [4.78, 5) is 36.0. The second-order valence-corrected chi connectivity index (χ2v) is 10.5. The molecule has 6 rings (SSSR count). The van der Waals surface area contributed by atoms with Gasteiger partial charge in [-0.15, -0.1) is 0 Å². The maximum atomic E-state index is 14.1. The lowest BCUT2D eigenvalue weighted by Crippen LogP contribution is -2.40. The first-order valence-electron chi connectivity index (χ1n) is 13.1. The van der Waals surface area contributed by atoms with Crippen LogP contribution >= 0.6 is 11.3 Å². The summed E-state index contributed by atoms with van der Waals surface area (Å²) in [6.07, 6.45) is 1.61. The standard InChI is InChI=1S/C30H29N3O4S/c1-2-20-8-5-10-26-27(20)31-30(38-26)33(14-6-13-32-15-17-36-18-16-32)28(34)24-19-23-22-9-4-3-7-21(22)11-12-25(23)37-29(24)35/h3-5,7-12,19H,2,6,13-18H2,1H3. The predicted octanol–water partition coefficient (Wildman–Crippen LogP) is 5.49. The van der Waals surface area contributed by atoms with E-state index in [9.17, 15) is 9.59 Å². The van der Waals surface area contributed by atoms with Crippen LogP contribution in [-0.4, -0.2) is 55.2 Å². The van der Waals surface area contributed by atoms with Crippen molar-refractivity contribution < 1.29 is 13.9 Å². The van der Waals surface area contributed by atoms with Gasteiger partial charge in [0.05, 0.1) is 23.4 Å². The van der Waals surface area contributed by atoms with Crippen LogP contribution in [0.15, 0.2) is 69.9 Å². The summed E-state index contributed by atoms with van der Waals surface area (Å²) >= 11 is 1.48. The van der Waals surface area contributed by atoms with Gasteiger partial charge in [-0.3, -0.25) is 14.6 Å². The number of nitrogens with zero attached hydrogens (tertiary/aromatic N) is 3. The van der Waals surface area contributed by atoms with Crippen molar-refractivity contribution in [2.45, 2.75) is 19.8 Å². The first-order valence-corrected chi connectivity index (χ1v) is 13.9. The Morgan fingerprint density at radius 1 is 1.05 bits per heavy atom. The number of amides is 1. The molecule has 0 aliphatic carbocycles. The molecule has 1 saturated heterocycles. The normalized spacial score (nSPS) is 14.4. The van der Waals surface area contributed by atoms with Gasteiger partial charge in [-0.1, -0.05) is 60.7 Å². The summed E-state index contributed by atoms with van der Waals surface area (Å²) < 4.78 is 12.2. The van der Waals surface area contributed by atoms with E-state index in [0.717, 1.165) is 77.6 Å². The molecule has 3 aromatic carbocycles. The van der Waals surface area contributed by atoms with Crippen LogP contribution in [0.5, 0.6) is 0 Å². The topological polar surface area (TPSA) is 75.9 Å². The fraction of sp³-hybridized carbons (Fsp3) is 0.300. The van der Waals surface area contributed by atoms with Crippen molar-refractivity contribution in [2.24, 2.45) is 0 Å². The molecule has 1 fully saturated rings. The van der Waals surface area contributed by atoms with Gasteiger partial charge >= 0.3 is 5.63 Å². The van der Waals surface area contributed by atoms with Gasteiger partial charge < -0.3 is 9.15 Å². The molecule has 7 nitrogen and oxygen atoms in total. The largest absolute Gasteiger partial charge is 0.422 e. The zero-order valence-corrected chi connectivity index (χ0v) is 22.1. The highest BCUT2D eigenvalue weighted by Gasteiger charge is 2.26. The van der Waals surface area contributed by atoms with Gasteiger partial charge in [-0.2, -0.15) is 0 Å². The average Bonchev–Trinajstić information content (AvgIpc) is 3.39. The quantitative estimate of drug-likeness (QED) is 0.206. The Hall–Kier alpha value is -3.59. The number of thiazole rings is 1. The lowest BCUT2D eigenvalue weighted by molar-refractivity contribution is 0.0376. The van der Waals surface area contributed by atoms with Crippen molar-refractivity contribution in [1.29, 1.82) is 0 Å². The van der Waals surface area contributed by atoms with E-state index in [0.29, 0.717) is 17.3 Å². The van der Waals surface area contributed by atoms with Crippen LogP contribution in [0.1, 0.15) is 29.3 Å². The van der Waals surface area contributed by atoms with Crippen LogP contribution in [0.4, 0.5) is 5.13 Å². The molecule has 5 aromatic rings. The van der Waals surface area contributed by atoms with E-state index in [1.165, 1.54) is 11.3 Å². The average molecular weight is 528 g/mol. The fourth-order valence-electron chi connectivity index (χ4n) is 5.12. The minimum absolute atomic E-state index is 0.0233. The Morgan fingerprint density at radius 2 is 1.89 bits per heavy atom. The highest BCUT2D eigenvalue weighted by atomic mass is 32.1. The fourth-order valence-corrected chi connectivity index (χ4v) is 6.16. The molecule has 2 aromatic heterocycles. The van der Waals surface area contributed by atoms with E-state index in [4.69, 9.17) is 14.1 Å². The maximum Gasteiger partial charge on any atom is 0.349 e. The van der Waals surface area contributed by atoms with Crippen LogP contribution < -0.4 is 10.5 Å². The molecule has 8 heteroatoms. The molecule has 3 heterocycles. The van der Waals surface area contributed by atoms with E-state index >= 15 is 0 Å². The number of ether oxygens (including phenoxy) is 1. The summed E-state index contributed by atoms with van der Waals surface area (Å²) in [6, 6.07) is 19.4.